The van der Waals surface area contributed by atoms with Crippen LogP contribution >= 0.6 is 0 Å². The Bertz CT molecular complexity index is 448. The average molecular weight is 294 g/mol. The molecular weight excluding hydrogens is 266 g/mol. The molecule has 1 atom stereocenters. The minimum absolute atomic E-state index is 0.00140. The fourth-order valence-corrected chi connectivity index (χ4v) is 2.30. The first-order valence-electron chi connectivity index (χ1n) is 7.56. The molecule has 0 aromatic rings. The van der Waals surface area contributed by atoms with Gasteiger partial charge in [0.1, 0.15) is 0 Å². The summed E-state index contributed by atoms with van der Waals surface area (Å²) in [4.78, 5) is 0. The number of hydrogen-bond acceptors (Lipinski definition) is 0. The second-order valence-electron chi connectivity index (χ2n) is 5.07. The van der Waals surface area contributed by atoms with Crippen LogP contribution in [-0.4, -0.2) is 6.43 Å². The maximum atomic E-state index is 12.9. The third-order valence-corrected chi connectivity index (χ3v) is 3.64. The van der Waals surface area contributed by atoms with Crippen LogP contribution in [0.1, 0.15) is 47.5 Å². The van der Waals surface area contributed by atoms with E-state index in [2.05, 4.69) is 27.4 Å². The average Bonchev–Trinajstić information content (AvgIpc) is 2.47. The highest BCUT2D eigenvalue weighted by Crippen LogP contribution is 2.29. The van der Waals surface area contributed by atoms with Crippen LogP contribution in [0.2, 0.25) is 0 Å². The molecule has 0 N–H and O–H groups in total. The molecule has 21 heavy (non-hydrogen) atoms. The van der Waals surface area contributed by atoms with Gasteiger partial charge in [0, 0.05) is 11.5 Å². The van der Waals surface area contributed by atoms with Crippen molar-refractivity contribution in [2.45, 2.75) is 53.9 Å². The Balaban J connectivity index is 5.80. The molecule has 0 aliphatic rings. The van der Waals surface area contributed by atoms with Gasteiger partial charge >= 0.3 is 0 Å². The van der Waals surface area contributed by atoms with Crippen LogP contribution in [0.5, 0.6) is 0 Å². The fraction of sp³-hybridized carbons (Fsp3) is 0.474. The summed E-state index contributed by atoms with van der Waals surface area (Å²) in [6.07, 6.45) is 8.21. The lowest BCUT2D eigenvalue weighted by atomic mass is 9.87. The molecule has 0 aliphatic carbocycles. The smallest absolute Gasteiger partial charge is 0.205 e. The van der Waals surface area contributed by atoms with E-state index in [1.807, 2.05) is 32.1 Å². The normalized spacial score (nSPS) is 16.4. The SMILES string of the molecule is C=C/C(=C\C(C)C(=C/C=C\C)/C(CC)=C(\C)CC)C(F)F. The van der Waals surface area contributed by atoms with Crippen LogP contribution in [0.25, 0.3) is 0 Å². The van der Waals surface area contributed by atoms with Crippen molar-refractivity contribution in [1.29, 1.82) is 0 Å². The van der Waals surface area contributed by atoms with Gasteiger partial charge in [-0.2, -0.15) is 0 Å². The van der Waals surface area contributed by atoms with E-state index in [1.165, 1.54) is 17.2 Å². The molecule has 0 bridgehead atoms. The molecule has 0 rings (SSSR count). The number of alkyl halides is 2. The molecule has 0 aromatic carbocycles. The van der Waals surface area contributed by atoms with Crippen LogP contribution < -0.4 is 0 Å². The van der Waals surface area contributed by atoms with Gasteiger partial charge in [-0.1, -0.05) is 63.3 Å². The van der Waals surface area contributed by atoms with E-state index >= 15 is 0 Å². The minimum atomic E-state index is -2.48. The summed E-state index contributed by atoms with van der Waals surface area (Å²) in [6.45, 7) is 13.7. The molecule has 0 fully saturated rings. The van der Waals surface area contributed by atoms with Gasteiger partial charge in [0.15, 0.2) is 0 Å². The van der Waals surface area contributed by atoms with Gasteiger partial charge in [-0.15, -0.1) is 0 Å². The summed E-state index contributed by atoms with van der Waals surface area (Å²) in [5.41, 5.74) is 3.68. The third kappa shape index (κ3) is 6.24. The molecule has 0 amide bonds. The molecule has 0 saturated heterocycles. The quantitative estimate of drug-likeness (QED) is 0.440. The van der Waals surface area contributed by atoms with Crippen LogP contribution in [0.4, 0.5) is 8.78 Å². The van der Waals surface area contributed by atoms with E-state index in [4.69, 9.17) is 0 Å². The highest BCUT2D eigenvalue weighted by atomic mass is 19.3. The van der Waals surface area contributed by atoms with E-state index in [9.17, 15) is 8.78 Å². The van der Waals surface area contributed by atoms with Gasteiger partial charge in [0.25, 0.3) is 6.43 Å². The summed E-state index contributed by atoms with van der Waals surface area (Å²) in [5.74, 6) is -0.0698. The molecule has 0 spiro atoms. The molecule has 0 heterocycles. The maximum absolute atomic E-state index is 12.9. The molecule has 118 valence electrons. The number of hydrogen-bond donors (Lipinski definition) is 0. The predicted octanol–water partition coefficient (Wildman–Crippen LogP) is 6.64. The highest BCUT2D eigenvalue weighted by Gasteiger charge is 2.15. The zero-order valence-corrected chi connectivity index (χ0v) is 13.9. The Morgan fingerprint density at radius 1 is 1.19 bits per heavy atom. The van der Waals surface area contributed by atoms with Crippen LogP contribution in [0.15, 0.2) is 59.3 Å². The Morgan fingerprint density at radius 2 is 1.81 bits per heavy atom. The van der Waals surface area contributed by atoms with Crippen molar-refractivity contribution >= 4 is 0 Å². The lowest BCUT2D eigenvalue weighted by molar-refractivity contribution is 0.193. The van der Waals surface area contributed by atoms with Crippen molar-refractivity contribution in [2.75, 3.05) is 0 Å². The summed E-state index contributed by atoms with van der Waals surface area (Å²) in [6, 6.07) is 0. The predicted molar refractivity (Wildman–Crippen MR) is 89.6 cm³/mol. The minimum Gasteiger partial charge on any atom is -0.205 e. The van der Waals surface area contributed by atoms with Gasteiger partial charge in [0.2, 0.25) is 0 Å². The van der Waals surface area contributed by atoms with Crippen molar-refractivity contribution in [3.05, 3.63) is 59.3 Å². The fourth-order valence-electron chi connectivity index (χ4n) is 2.30. The van der Waals surface area contributed by atoms with Crippen molar-refractivity contribution < 1.29 is 8.78 Å². The summed E-state index contributed by atoms with van der Waals surface area (Å²) >= 11 is 0. The van der Waals surface area contributed by atoms with Crippen LogP contribution in [-0.2, 0) is 0 Å². The van der Waals surface area contributed by atoms with Gasteiger partial charge < -0.3 is 0 Å². The summed E-state index contributed by atoms with van der Waals surface area (Å²) in [7, 11) is 0. The first-order valence-corrected chi connectivity index (χ1v) is 7.56. The third-order valence-electron chi connectivity index (χ3n) is 3.64. The van der Waals surface area contributed by atoms with Crippen molar-refractivity contribution in [3.8, 4) is 0 Å². The largest absolute Gasteiger partial charge is 0.263 e. The van der Waals surface area contributed by atoms with Gasteiger partial charge in [-0.05, 0) is 37.8 Å². The highest BCUT2D eigenvalue weighted by molar-refractivity contribution is 5.41. The molecule has 0 radical (unpaired) electrons. The first kappa shape index (κ1) is 19.6. The number of halogens is 2. The van der Waals surface area contributed by atoms with E-state index in [-0.39, 0.29) is 11.5 Å². The van der Waals surface area contributed by atoms with Crippen LogP contribution in [0, 0.1) is 5.92 Å². The van der Waals surface area contributed by atoms with E-state index < -0.39 is 6.43 Å². The monoisotopic (exact) mass is 294 g/mol. The lowest BCUT2D eigenvalue weighted by Gasteiger charge is -2.19. The molecule has 0 aliphatic heterocycles. The van der Waals surface area contributed by atoms with E-state index in [0.29, 0.717) is 0 Å². The molecule has 0 nitrogen and oxygen atoms in total. The second kappa shape index (κ2) is 10.3. The van der Waals surface area contributed by atoms with Gasteiger partial charge in [-0.3, -0.25) is 0 Å². The zero-order chi connectivity index (χ0) is 16.4. The van der Waals surface area contributed by atoms with Crippen molar-refractivity contribution in [1.82, 2.24) is 0 Å². The Kier molecular flexibility index (Phi) is 9.60. The Hall–Kier alpha value is -1.44. The van der Waals surface area contributed by atoms with Gasteiger partial charge in [0.05, 0.1) is 0 Å². The van der Waals surface area contributed by atoms with E-state index in [1.54, 1.807) is 6.08 Å². The second-order valence-corrected chi connectivity index (χ2v) is 5.07. The molecule has 1 unspecified atom stereocenters. The lowest BCUT2D eigenvalue weighted by Crippen LogP contribution is -2.05. The molecule has 2 heteroatoms. The van der Waals surface area contributed by atoms with Crippen molar-refractivity contribution in [3.63, 3.8) is 0 Å². The van der Waals surface area contributed by atoms with Gasteiger partial charge in [-0.25, -0.2) is 8.78 Å². The molecule has 0 aromatic heterocycles. The number of allylic oxidation sites excluding steroid dienone is 9. The van der Waals surface area contributed by atoms with Crippen LogP contribution in [0.3, 0.4) is 0 Å². The Morgan fingerprint density at radius 3 is 2.19 bits per heavy atom. The standard InChI is InChI=1S/C19H28F2/c1-7-11-12-18(17(10-4)14(5)8-2)15(6)13-16(9-3)19(20)21/h7,9,11-13,15,19H,3,8,10H2,1-2,4-6H3/b11-7-,16-13+,17-14+,18-12-. The zero-order valence-electron chi connectivity index (χ0n) is 13.9. The first-order chi connectivity index (χ1) is 9.92. The maximum Gasteiger partial charge on any atom is 0.263 e. The summed E-state index contributed by atoms with van der Waals surface area (Å²) in [5, 5.41) is 0. The number of rotatable bonds is 8. The van der Waals surface area contributed by atoms with E-state index in [0.717, 1.165) is 18.4 Å². The topological polar surface area (TPSA) is 0 Å². The summed E-state index contributed by atoms with van der Waals surface area (Å²) < 4.78 is 25.8. The Labute approximate surface area is 128 Å². The molecule has 0 saturated carbocycles. The van der Waals surface area contributed by atoms with Crippen molar-refractivity contribution in [2.24, 2.45) is 5.92 Å². The molecular formula is C19H28F2.